The molecule has 1 fully saturated rings. The van der Waals surface area contributed by atoms with E-state index in [-0.39, 0.29) is 0 Å². The Morgan fingerprint density at radius 2 is 1.78 bits per heavy atom. The molecule has 1 unspecified atom stereocenters. The van der Waals surface area contributed by atoms with E-state index in [4.69, 9.17) is 5.73 Å². The second-order valence-electron chi connectivity index (χ2n) is 4.36. The Bertz CT molecular complexity index is 481. The van der Waals surface area contributed by atoms with Gasteiger partial charge in [0.2, 0.25) is 0 Å². The highest BCUT2D eigenvalue weighted by atomic mass is 19.4. The lowest BCUT2D eigenvalue weighted by molar-refractivity contribution is -0.137. The van der Waals surface area contributed by atoms with Gasteiger partial charge >= 0.3 is 6.18 Å². The molecule has 2 rings (SSSR count). The summed E-state index contributed by atoms with van der Waals surface area (Å²) < 4.78 is 77.3. The fourth-order valence-electron chi connectivity index (χ4n) is 2.03. The Labute approximate surface area is 98.6 Å². The second-order valence-corrected chi connectivity index (χ2v) is 4.36. The summed E-state index contributed by atoms with van der Waals surface area (Å²) in [5.74, 6) is -4.35. The Morgan fingerprint density at radius 3 is 2.17 bits per heavy atom. The van der Waals surface area contributed by atoms with Gasteiger partial charge in [-0.05, 0) is 18.2 Å². The Kier molecular flexibility index (Phi) is 2.66. The first kappa shape index (κ1) is 13.2. The summed E-state index contributed by atoms with van der Waals surface area (Å²) in [7, 11) is 0. The Morgan fingerprint density at radius 1 is 1.22 bits per heavy atom. The maximum absolute atomic E-state index is 13.5. The standard InChI is InChI=1S/C11H9F6N/c12-8-2-1-6(11(15,16)17)3-7(8)9(5-18)4-10(9,13)14/h1-3H,4-5,18H2. The van der Waals surface area contributed by atoms with E-state index in [1.54, 1.807) is 0 Å². The monoisotopic (exact) mass is 269 g/mol. The van der Waals surface area contributed by atoms with Crippen molar-refractivity contribution < 1.29 is 26.3 Å². The Balaban J connectivity index is 2.52. The van der Waals surface area contributed by atoms with Crippen molar-refractivity contribution >= 4 is 0 Å². The molecule has 1 aliphatic rings. The zero-order chi connectivity index (χ0) is 13.8. The van der Waals surface area contributed by atoms with Crippen LogP contribution in [0.25, 0.3) is 0 Å². The minimum Gasteiger partial charge on any atom is -0.329 e. The zero-order valence-electron chi connectivity index (χ0n) is 8.99. The van der Waals surface area contributed by atoms with Crippen molar-refractivity contribution in [3.8, 4) is 0 Å². The van der Waals surface area contributed by atoms with Crippen molar-refractivity contribution in [2.45, 2.75) is 23.9 Å². The molecule has 0 saturated heterocycles. The molecular formula is C11H9F6N. The van der Waals surface area contributed by atoms with Crippen molar-refractivity contribution in [2.75, 3.05) is 6.54 Å². The fourth-order valence-corrected chi connectivity index (χ4v) is 2.03. The highest BCUT2D eigenvalue weighted by Gasteiger charge is 2.72. The van der Waals surface area contributed by atoms with E-state index >= 15 is 0 Å². The average Bonchev–Trinajstić information content (AvgIpc) is 2.81. The lowest BCUT2D eigenvalue weighted by Crippen LogP contribution is -2.28. The van der Waals surface area contributed by atoms with Crippen LogP contribution in [0.15, 0.2) is 18.2 Å². The third-order valence-corrected chi connectivity index (χ3v) is 3.26. The zero-order valence-corrected chi connectivity index (χ0v) is 8.99. The number of nitrogens with two attached hydrogens (primary N) is 1. The van der Waals surface area contributed by atoms with Gasteiger partial charge in [-0.3, -0.25) is 0 Å². The van der Waals surface area contributed by atoms with E-state index in [9.17, 15) is 26.3 Å². The summed E-state index contributed by atoms with van der Waals surface area (Å²) in [5, 5.41) is 0. The summed E-state index contributed by atoms with van der Waals surface area (Å²) >= 11 is 0. The maximum Gasteiger partial charge on any atom is 0.416 e. The van der Waals surface area contributed by atoms with Gasteiger partial charge in [0, 0.05) is 18.5 Å². The molecule has 18 heavy (non-hydrogen) atoms. The summed E-state index contributed by atoms with van der Waals surface area (Å²) in [6.07, 6.45) is -5.43. The van der Waals surface area contributed by atoms with E-state index in [2.05, 4.69) is 0 Å². The number of hydrogen-bond acceptors (Lipinski definition) is 1. The molecule has 0 heterocycles. The minimum atomic E-state index is -4.71. The van der Waals surface area contributed by atoms with Crippen LogP contribution >= 0.6 is 0 Å². The van der Waals surface area contributed by atoms with Gasteiger partial charge in [-0.2, -0.15) is 13.2 Å². The molecular weight excluding hydrogens is 260 g/mol. The predicted molar refractivity (Wildman–Crippen MR) is 51.7 cm³/mol. The molecule has 1 aliphatic carbocycles. The van der Waals surface area contributed by atoms with Crippen molar-refractivity contribution in [3.63, 3.8) is 0 Å². The number of halogens is 6. The normalized spacial score (nSPS) is 26.2. The van der Waals surface area contributed by atoms with Crippen LogP contribution < -0.4 is 5.73 Å². The molecule has 0 aromatic heterocycles. The van der Waals surface area contributed by atoms with Crippen LogP contribution in [-0.2, 0) is 11.6 Å². The lowest BCUT2D eigenvalue weighted by Gasteiger charge is -2.17. The molecule has 1 aromatic carbocycles. The highest BCUT2D eigenvalue weighted by molar-refractivity contribution is 5.42. The van der Waals surface area contributed by atoms with E-state index in [1.165, 1.54) is 0 Å². The first-order valence-electron chi connectivity index (χ1n) is 5.09. The van der Waals surface area contributed by atoms with Crippen molar-refractivity contribution in [1.29, 1.82) is 0 Å². The van der Waals surface area contributed by atoms with Crippen LogP contribution in [0.1, 0.15) is 17.5 Å². The molecule has 0 radical (unpaired) electrons. The second kappa shape index (κ2) is 3.63. The van der Waals surface area contributed by atoms with Gasteiger partial charge in [0.05, 0.1) is 11.0 Å². The minimum absolute atomic E-state index is 0.420. The molecule has 100 valence electrons. The third-order valence-electron chi connectivity index (χ3n) is 3.26. The first-order chi connectivity index (χ1) is 8.14. The van der Waals surface area contributed by atoms with Gasteiger partial charge in [-0.15, -0.1) is 0 Å². The first-order valence-corrected chi connectivity index (χ1v) is 5.09. The van der Waals surface area contributed by atoms with Crippen LogP contribution in [-0.4, -0.2) is 12.5 Å². The van der Waals surface area contributed by atoms with Crippen LogP contribution in [0.5, 0.6) is 0 Å². The fraction of sp³-hybridized carbons (Fsp3) is 0.455. The summed E-state index contributed by atoms with van der Waals surface area (Å²) in [6, 6.07) is 1.48. The summed E-state index contributed by atoms with van der Waals surface area (Å²) in [6.45, 7) is -0.599. The quantitative estimate of drug-likeness (QED) is 0.820. The van der Waals surface area contributed by atoms with Crippen LogP contribution in [0.4, 0.5) is 26.3 Å². The molecule has 1 aromatic rings. The van der Waals surface area contributed by atoms with Crippen molar-refractivity contribution in [3.05, 3.63) is 35.1 Å². The molecule has 1 saturated carbocycles. The van der Waals surface area contributed by atoms with E-state index < -0.39 is 47.4 Å². The lowest BCUT2D eigenvalue weighted by atomic mass is 9.93. The summed E-state index contributed by atoms with van der Waals surface area (Å²) in [4.78, 5) is 0. The van der Waals surface area contributed by atoms with Gasteiger partial charge in [0.1, 0.15) is 5.82 Å². The van der Waals surface area contributed by atoms with Gasteiger partial charge in [-0.1, -0.05) is 0 Å². The number of hydrogen-bond donors (Lipinski definition) is 1. The molecule has 2 N–H and O–H groups in total. The van der Waals surface area contributed by atoms with Gasteiger partial charge in [0.25, 0.3) is 5.92 Å². The van der Waals surface area contributed by atoms with Crippen molar-refractivity contribution in [2.24, 2.45) is 5.73 Å². The smallest absolute Gasteiger partial charge is 0.329 e. The molecule has 0 spiro atoms. The molecule has 0 amide bonds. The van der Waals surface area contributed by atoms with Gasteiger partial charge in [-0.25, -0.2) is 13.2 Å². The van der Waals surface area contributed by atoms with Crippen LogP contribution in [0.2, 0.25) is 0 Å². The third kappa shape index (κ3) is 1.77. The largest absolute Gasteiger partial charge is 0.416 e. The van der Waals surface area contributed by atoms with Crippen LogP contribution in [0, 0.1) is 5.82 Å². The topological polar surface area (TPSA) is 26.0 Å². The number of rotatable bonds is 2. The molecule has 1 atom stereocenters. The Hall–Kier alpha value is -1.24. The van der Waals surface area contributed by atoms with E-state index in [1.807, 2.05) is 0 Å². The summed E-state index contributed by atoms with van der Waals surface area (Å²) in [5.41, 5.74) is 1.35. The SMILES string of the molecule is NCC1(c2cc(C(F)(F)F)ccc2F)CC1(F)F. The van der Waals surface area contributed by atoms with E-state index in [0.29, 0.717) is 18.2 Å². The van der Waals surface area contributed by atoms with Gasteiger partial charge in [0.15, 0.2) is 0 Å². The van der Waals surface area contributed by atoms with Crippen LogP contribution in [0.3, 0.4) is 0 Å². The maximum atomic E-state index is 13.5. The average molecular weight is 269 g/mol. The molecule has 1 nitrogen and oxygen atoms in total. The number of benzene rings is 1. The highest BCUT2D eigenvalue weighted by Crippen LogP contribution is 2.61. The molecule has 0 aliphatic heterocycles. The predicted octanol–water partition coefficient (Wildman–Crippen LogP) is 3.08. The molecule has 0 bridgehead atoms. The van der Waals surface area contributed by atoms with E-state index in [0.717, 1.165) is 0 Å². The number of alkyl halides is 5. The molecule has 7 heteroatoms. The van der Waals surface area contributed by atoms with Gasteiger partial charge < -0.3 is 5.73 Å². The van der Waals surface area contributed by atoms with Crippen molar-refractivity contribution in [1.82, 2.24) is 0 Å².